The van der Waals surface area contributed by atoms with Gasteiger partial charge in [0, 0.05) is 7.11 Å². The highest BCUT2D eigenvalue weighted by molar-refractivity contribution is 5.45. The molecule has 1 aromatic carbocycles. The topological polar surface area (TPSA) is 65.7 Å². The maximum atomic E-state index is 5.64. The first-order valence-electron chi connectivity index (χ1n) is 5.99. The minimum Gasteiger partial charge on any atom is -0.486 e. The second-order valence-corrected chi connectivity index (χ2v) is 4.81. The predicted molar refractivity (Wildman–Crippen MR) is 68.6 cm³/mol. The van der Waals surface area contributed by atoms with E-state index in [0.717, 1.165) is 17.1 Å². The zero-order chi connectivity index (χ0) is 13.2. The number of methoxy groups -OCH3 is 1. The number of hydrogen-bond acceptors (Lipinski definition) is 5. The van der Waals surface area contributed by atoms with Crippen molar-refractivity contribution in [1.29, 1.82) is 0 Å². The van der Waals surface area contributed by atoms with Crippen LogP contribution in [-0.4, -0.2) is 25.9 Å². The van der Waals surface area contributed by atoms with Crippen molar-refractivity contribution < 1.29 is 14.2 Å². The van der Waals surface area contributed by atoms with Gasteiger partial charge in [0.25, 0.3) is 0 Å². The monoisotopic (exact) mass is 252 g/mol. The second-order valence-electron chi connectivity index (χ2n) is 4.81. The Balaban J connectivity index is 2.32. The van der Waals surface area contributed by atoms with Gasteiger partial charge in [0.1, 0.15) is 13.2 Å². The van der Waals surface area contributed by atoms with E-state index in [-0.39, 0.29) is 6.04 Å². The van der Waals surface area contributed by atoms with Crippen LogP contribution in [0.3, 0.4) is 0 Å². The van der Waals surface area contributed by atoms with Gasteiger partial charge in [-0.15, -0.1) is 0 Å². The summed E-state index contributed by atoms with van der Waals surface area (Å²) in [5.41, 5.74) is 3.38. The molecule has 0 radical (unpaired) electrons. The first-order chi connectivity index (χ1) is 8.58. The number of hydrazine groups is 1. The summed E-state index contributed by atoms with van der Waals surface area (Å²) in [7, 11) is 1.67. The molecule has 5 heteroatoms. The van der Waals surface area contributed by atoms with E-state index in [9.17, 15) is 0 Å². The Bertz CT molecular complexity index is 421. The summed E-state index contributed by atoms with van der Waals surface area (Å²) in [6.07, 6.45) is 0. The molecule has 0 amide bonds. The molecule has 3 N–H and O–H groups in total. The third-order valence-electron chi connectivity index (χ3n) is 3.29. The van der Waals surface area contributed by atoms with Crippen LogP contribution in [0.15, 0.2) is 18.2 Å². The molecule has 1 aliphatic heterocycles. The highest BCUT2D eigenvalue weighted by Crippen LogP contribution is 2.35. The quantitative estimate of drug-likeness (QED) is 0.626. The largest absolute Gasteiger partial charge is 0.486 e. The summed E-state index contributed by atoms with van der Waals surface area (Å²) < 4.78 is 16.5. The number of nitrogens with two attached hydrogens (primary N) is 1. The first-order valence-corrected chi connectivity index (χ1v) is 5.99. The second kappa shape index (κ2) is 5.14. The van der Waals surface area contributed by atoms with Gasteiger partial charge in [0.2, 0.25) is 0 Å². The van der Waals surface area contributed by atoms with Crippen molar-refractivity contribution in [3.05, 3.63) is 23.8 Å². The van der Waals surface area contributed by atoms with Gasteiger partial charge >= 0.3 is 0 Å². The third kappa shape index (κ3) is 2.43. The number of hydrogen-bond donors (Lipinski definition) is 2. The molecule has 1 aliphatic rings. The fourth-order valence-corrected chi connectivity index (χ4v) is 2.06. The van der Waals surface area contributed by atoms with Crippen LogP contribution in [0.5, 0.6) is 11.5 Å². The molecule has 0 saturated heterocycles. The maximum Gasteiger partial charge on any atom is 0.161 e. The summed E-state index contributed by atoms with van der Waals surface area (Å²) in [6.45, 7) is 5.13. The molecular weight excluding hydrogens is 232 g/mol. The Morgan fingerprint density at radius 2 is 1.94 bits per heavy atom. The van der Waals surface area contributed by atoms with Crippen LogP contribution in [0.2, 0.25) is 0 Å². The molecule has 1 heterocycles. The summed E-state index contributed by atoms with van der Waals surface area (Å²) in [5, 5.41) is 0. The molecular formula is C13H20N2O3. The molecule has 0 spiro atoms. The van der Waals surface area contributed by atoms with E-state index in [1.165, 1.54) is 0 Å². The number of nitrogens with one attached hydrogen (secondary N) is 1. The van der Waals surface area contributed by atoms with Gasteiger partial charge in [0.15, 0.2) is 11.5 Å². The first kappa shape index (κ1) is 13.1. The molecule has 1 atom stereocenters. The van der Waals surface area contributed by atoms with Gasteiger partial charge < -0.3 is 14.2 Å². The van der Waals surface area contributed by atoms with Crippen molar-refractivity contribution in [2.24, 2.45) is 5.84 Å². The lowest BCUT2D eigenvalue weighted by Gasteiger charge is -2.33. The molecule has 5 nitrogen and oxygen atoms in total. The van der Waals surface area contributed by atoms with Crippen LogP contribution in [0.1, 0.15) is 25.5 Å². The molecule has 2 rings (SSSR count). The normalized spacial score (nSPS) is 16.4. The van der Waals surface area contributed by atoms with Crippen molar-refractivity contribution in [2.45, 2.75) is 25.5 Å². The zero-order valence-electron chi connectivity index (χ0n) is 11.0. The van der Waals surface area contributed by atoms with E-state index in [0.29, 0.717) is 13.2 Å². The molecule has 1 aromatic rings. The molecule has 100 valence electrons. The summed E-state index contributed by atoms with van der Waals surface area (Å²) in [4.78, 5) is 0. The molecule has 0 saturated carbocycles. The number of benzene rings is 1. The Morgan fingerprint density at radius 3 is 2.56 bits per heavy atom. The van der Waals surface area contributed by atoms with Crippen LogP contribution in [0, 0.1) is 0 Å². The van der Waals surface area contributed by atoms with E-state index in [2.05, 4.69) is 5.43 Å². The van der Waals surface area contributed by atoms with Crippen molar-refractivity contribution in [2.75, 3.05) is 20.3 Å². The van der Waals surface area contributed by atoms with Crippen molar-refractivity contribution in [3.63, 3.8) is 0 Å². The lowest BCUT2D eigenvalue weighted by Crippen LogP contribution is -2.44. The van der Waals surface area contributed by atoms with Gasteiger partial charge in [-0.25, -0.2) is 0 Å². The molecule has 0 aromatic heterocycles. The van der Waals surface area contributed by atoms with Crippen LogP contribution >= 0.6 is 0 Å². The van der Waals surface area contributed by atoms with E-state index < -0.39 is 5.60 Å². The summed E-state index contributed by atoms with van der Waals surface area (Å²) in [5.74, 6) is 7.17. The van der Waals surface area contributed by atoms with Crippen LogP contribution in [0.25, 0.3) is 0 Å². The lowest BCUT2D eigenvalue weighted by molar-refractivity contribution is -0.0112. The number of fused-ring (bicyclic) bond motifs is 1. The van der Waals surface area contributed by atoms with E-state index in [4.69, 9.17) is 20.1 Å². The molecule has 1 unspecified atom stereocenters. The Labute approximate surface area is 107 Å². The average molecular weight is 252 g/mol. The van der Waals surface area contributed by atoms with Gasteiger partial charge in [-0.1, -0.05) is 6.07 Å². The molecule has 0 bridgehead atoms. The Hall–Kier alpha value is -1.30. The van der Waals surface area contributed by atoms with Gasteiger partial charge in [0.05, 0.1) is 11.6 Å². The fourth-order valence-electron chi connectivity index (χ4n) is 2.06. The molecule has 18 heavy (non-hydrogen) atoms. The maximum absolute atomic E-state index is 5.64. The lowest BCUT2D eigenvalue weighted by atomic mass is 9.92. The minimum atomic E-state index is -0.418. The van der Waals surface area contributed by atoms with E-state index in [1.54, 1.807) is 7.11 Å². The molecule has 0 aliphatic carbocycles. The SMILES string of the molecule is COC(C)(C)C(NN)c1ccc2c(c1)OCCO2. The van der Waals surface area contributed by atoms with Crippen molar-refractivity contribution >= 4 is 0 Å². The van der Waals surface area contributed by atoms with Gasteiger partial charge in [-0.2, -0.15) is 0 Å². The Morgan fingerprint density at radius 1 is 1.28 bits per heavy atom. The smallest absolute Gasteiger partial charge is 0.161 e. The number of rotatable bonds is 4. The van der Waals surface area contributed by atoms with E-state index >= 15 is 0 Å². The predicted octanol–water partition coefficient (Wildman–Crippen LogP) is 1.39. The molecule has 0 fully saturated rings. The Kier molecular flexibility index (Phi) is 3.75. The zero-order valence-corrected chi connectivity index (χ0v) is 11.0. The van der Waals surface area contributed by atoms with Gasteiger partial charge in [-0.3, -0.25) is 11.3 Å². The minimum absolute atomic E-state index is 0.127. The van der Waals surface area contributed by atoms with Crippen LogP contribution in [0.4, 0.5) is 0 Å². The van der Waals surface area contributed by atoms with Crippen LogP contribution < -0.4 is 20.7 Å². The van der Waals surface area contributed by atoms with Crippen molar-refractivity contribution in [3.8, 4) is 11.5 Å². The summed E-state index contributed by atoms with van der Waals surface area (Å²) in [6, 6.07) is 5.69. The number of ether oxygens (including phenoxy) is 3. The van der Waals surface area contributed by atoms with E-state index in [1.807, 2.05) is 32.0 Å². The third-order valence-corrected chi connectivity index (χ3v) is 3.29. The van der Waals surface area contributed by atoms with Gasteiger partial charge in [-0.05, 0) is 31.5 Å². The van der Waals surface area contributed by atoms with Crippen molar-refractivity contribution in [1.82, 2.24) is 5.43 Å². The fraction of sp³-hybridized carbons (Fsp3) is 0.538. The highest BCUT2D eigenvalue weighted by Gasteiger charge is 2.30. The highest BCUT2D eigenvalue weighted by atomic mass is 16.6. The standard InChI is InChI=1S/C13H20N2O3/c1-13(2,16-3)12(15-14)9-4-5-10-11(8-9)18-7-6-17-10/h4-5,8,12,15H,6-7,14H2,1-3H3. The summed E-state index contributed by atoms with van der Waals surface area (Å²) >= 11 is 0. The van der Waals surface area contributed by atoms with Crippen LogP contribution in [-0.2, 0) is 4.74 Å². The average Bonchev–Trinajstić information content (AvgIpc) is 2.39.